The Labute approximate surface area is 106 Å². The van der Waals surface area contributed by atoms with E-state index in [0.29, 0.717) is 0 Å². The van der Waals surface area contributed by atoms with Crippen molar-refractivity contribution < 1.29 is 5.11 Å². The highest BCUT2D eigenvalue weighted by molar-refractivity contribution is 5.31. The first kappa shape index (κ1) is 12.6. The van der Waals surface area contributed by atoms with Gasteiger partial charge in [0.25, 0.3) is 5.56 Å². The zero-order chi connectivity index (χ0) is 13.1. The number of pyridine rings is 1. The van der Waals surface area contributed by atoms with Crippen LogP contribution in [-0.4, -0.2) is 9.67 Å². The fraction of sp³-hybridized carbons (Fsp3) is 0.267. The van der Waals surface area contributed by atoms with Gasteiger partial charge in [-0.2, -0.15) is 0 Å². The van der Waals surface area contributed by atoms with E-state index in [2.05, 4.69) is 0 Å². The molecule has 2 aromatic rings. The molecule has 1 N–H and O–H groups in total. The van der Waals surface area contributed by atoms with E-state index in [1.54, 1.807) is 18.3 Å². The number of hydrogen-bond donors (Lipinski definition) is 1. The van der Waals surface area contributed by atoms with Crippen molar-refractivity contribution in [1.29, 1.82) is 0 Å². The van der Waals surface area contributed by atoms with Gasteiger partial charge in [0.2, 0.25) is 0 Å². The van der Waals surface area contributed by atoms with Gasteiger partial charge in [0.15, 0.2) is 0 Å². The lowest BCUT2D eigenvalue weighted by atomic mass is 10.0. The molecule has 0 fully saturated rings. The molecule has 0 aliphatic rings. The van der Waals surface area contributed by atoms with E-state index < -0.39 is 6.10 Å². The molecule has 1 atom stereocenters. The molecule has 94 valence electrons. The summed E-state index contributed by atoms with van der Waals surface area (Å²) in [6.07, 6.45) is 1.02. The van der Waals surface area contributed by atoms with E-state index in [0.717, 1.165) is 11.1 Å². The molecule has 2 rings (SSSR count). The second-order valence-electron chi connectivity index (χ2n) is 4.55. The van der Waals surface area contributed by atoms with E-state index >= 15 is 0 Å². The molecule has 0 saturated heterocycles. The summed E-state index contributed by atoms with van der Waals surface area (Å²) in [5.74, 6) is 0. The van der Waals surface area contributed by atoms with E-state index in [1.807, 2.05) is 32.0 Å². The lowest BCUT2D eigenvalue weighted by molar-refractivity contribution is 0.155. The van der Waals surface area contributed by atoms with Gasteiger partial charge in [0.05, 0.1) is 12.6 Å². The van der Waals surface area contributed by atoms with Crippen LogP contribution >= 0.6 is 0 Å². The summed E-state index contributed by atoms with van der Waals surface area (Å²) in [6.45, 7) is 4.33. The molecule has 0 saturated carbocycles. The second-order valence-corrected chi connectivity index (χ2v) is 4.55. The number of aliphatic hydroxyl groups is 1. The van der Waals surface area contributed by atoms with E-state index in [4.69, 9.17) is 0 Å². The first-order valence-corrected chi connectivity index (χ1v) is 5.98. The first-order valence-electron chi connectivity index (χ1n) is 5.98. The summed E-state index contributed by atoms with van der Waals surface area (Å²) in [4.78, 5) is 11.6. The zero-order valence-electron chi connectivity index (χ0n) is 10.6. The van der Waals surface area contributed by atoms with Crippen molar-refractivity contribution in [2.45, 2.75) is 26.5 Å². The number of hydrogen-bond acceptors (Lipinski definition) is 2. The number of aryl methyl sites for hydroxylation is 2. The van der Waals surface area contributed by atoms with Gasteiger partial charge in [-0.3, -0.25) is 4.79 Å². The summed E-state index contributed by atoms with van der Waals surface area (Å²) >= 11 is 0. The van der Waals surface area contributed by atoms with Crippen LogP contribution in [0, 0.1) is 13.8 Å². The molecule has 1 aromatic carbocycles. The van der Waals surface area contributed by atoms with Crippen molar-refractivity contribution in [2.75, 3.05) is 0 Å². The molecule has 3 heteroatoms. The molecule has 3 nitrogen and oxygen atoms in total. The third-order valence-electron chi connectivity index (χ3n) is 3.18. The van der Waals surface area contributed by atoms with Crippen molar-refractivity contribution in [1.82, 2.24) is 4.57 Å². The topological polar surface area (TPSA) is 42.2 Å². The molecule has 0 amide bonds. The number of aliphatic hydroxyl groups excluding tert-OH is 1. The number of rotatable bonds is 3. The normalized spacial score (nSPS) is 12.4. The van der Waals surface area contributed by atoms with Crippen LogP contribution in [0.15, 0.2) is 47.4 Å². The van der Waals surface area contributed by atoms with Crippen molar-refractivity contribution in [2.24, 2.45) is 0 Å². The first-order chi connectivity index (χ1) is 8.58. The molecule has 18 heavy (non-hydrogen) atoms. The Hall–Kier alpha value is -1.87. The average molecular weight is 243 g/mol. The zero-order valence-corrected chi connectivity index (χ0v) is 10.6. The molecule has 0 aliphatic carbocycles. The Morgan fingerprint density at radius 3 is 2.61 bits per heavy atom. The van der Waals surface area contributed by atoms with Gasteiger partial charge < -0.3 is 9.67 Å². The Morgan fingerprint density at radius 2 is 1.94 bits per heavy atom. The highest BCUT2D eigenvalue weighted by Crippen LogP contribution is 2.18. The SMILES string of the molecule is Cc1ccc(C(O)Cn2ccccc2=O)cc1C. The molecule has 1 heterocycles. The molecule has 1 aromatic heterocycles. The molecule has 0 spiro atoms. The highest BCUT2D eigenvalue weighted by Gasteiger charge is 2.09. The van der Waals surface area contributed by atoms with Crippen LogP contribution in [0.5, 0.6) is 0 Å². The maximum Gasteiger partial charge on any atom is 0.250 e. The fourth-order valence-corrected chi connectivity index (χ4v) is 1.88. The Kier molecular flexibility index (Phi) is 3.63. The van der Waals surface area contributed by atoms with Crippen molar-refractivity contribution in [3.05, 3.63) is 69.6 Å². The molecule has 0 aliphatic heterocycles. The number of nitrogens with zero attached hydrogens (tertiary/aromatic N) is 1. The molecule has 0 bridgehead atoms. The fourth-order valence-electron chi connectivity index (χ4n) is 1.88. The second kappa shape index (κ2) is 5.19. The third kappa shape index (κ3) is 2.68. The van der Waals surface area contributed by atoms with E-state index in [1.165, 1.54) is 16.2 Å². The predicted octanol–water partition coefficient (Wildman–Crippen LogP) is 2.20. The maximum atomic E-state index is 11.6. The average Bonchev–Trinajstić information content (AvgIpc) is 2.35. The third-order valence-corrected chi connectivity index (χ3v) is 3.18. The molecule has 1 unspecified atom stereocenters. The maximum absolute atomic E-state index is 11.6. The quantitative estimate of drug-likeness (QED) is 0.898. The standard InChI is InChI=1S/C15H17NO2/c1-11-6-7-13(9-12(11)2)14(17)10-16-8-4-3-5-15(16)18/h3-9,14,17H,10H2,1-2H3. The van der Waals surface area contributed by atoms with Crippen LogP contribution < -0.4 is 5.56 Å². The van der Waals surface area contributed by atoms with Gasteiger partial charge in [0, 0.05) is 12.3 Å². The summed E-state index contributed by atoms with van der Waals surface area (Å²) < 4.78 is 1.51. The van der Waals surface area contributed by atoms with Gasteiger partial charge in [-0.25, -0.2) is 0 Å². The number of benzene rings is 1. The minimum Gasteiger partial charge on any atom is -0.387 e. The van der Waals surface area contributed by atoms with Crippen molar-refractivity contribution in [3.63, 3.8) is 0 Å². The van der Waals surface area contributed by atoms with Crippen molar-refractivity contribution in [3.8, 4) is 0 Å². The lowest BCUT2D eigenvalue weighted by Gasteiger charge is -2.14. The van der Waals surface area contributed by atoms with Gasteiger partial charge in [0.1, 0.15) is 0 Å². The Balaban J connectivity index is 2.22. The van der Waals surface area contributed by atoms with Crippen LogP contribution in [0.4, 0.5) is 0 Å². The van der Waals surface area contributed by atoms with Crippen LogP contribution in [-0.2, 0) is 6.54 Å². The van der Waals surface area contributed by atoms with E-state index in [9.17, 15) is 9.90 Å². The minimum absolute atomic E-state index is 0.0969. The Bertz CT molecular complexity index is 601. The van der Waals surface area contributed by atoms with Gasteiger partial charge in [-0.1, -0.05) is 24.3 Å². The minimum atomic E-state index is -0.663. The molecular weight excluding hydrogens is 226 g/mol. The lowest BCUT2D eigenvalue weighted by Crippen LogP contribution is -2.21. The summed E-state index contributed by atoms with van der Waals surface area (Å²) in [5.41, 5.74) is 3.09. The smallest absolute Gasteiger partial charge is 0.250 e. The molecular formula is C15H17NO2. The van der Waals surface area contributed by atoms with Crippen LogP contribution in [0.25, 0.3) is 0 Å². The highest BCUT2D eigenvalue weighted by atomic mass is 16.3. The Morgan fingerprint density at radius 1 is 1.17 bits per heavy atom. The largest absolute Gasteiger partial charge is 0.387 e. The monoisotopic (exact) mass is 243 g/mol. The van der Waals surface area contributed by atoms with Crippen molar-refractivity contribution >= 4 is 0 Å². The van der Waals surface area contributed by atoms with Gasteiger partial charge >= 0.3 is 0 Å². The number of aromatic nitrogens is 1. The van der Waals surface area contributed by atoms with Crippen LogP contribution in [0.1, 0.15) is 22.8 Å². The van der Waals surface area contributed by atoms with Crippen LogP contribution in [0.2, 0.25) is 0 Å². The summed E-state index contributed by atoms with van der Waals surface area (Å²) in [5, 5.41) is 10.2. The summed E-state index contributed by atoms with van der Waals surface area (Å²) in [7, 11) is 0. The predicted molar refractivity (Wildman–Crippen MR) is 71.6 cm³/mol. The molecule has 0 radical (unpaired) electrons. The van der Waals surface area contributed by atoms with E-state index in [-0.39, 0.29) is 12.1 Å². The summed E-state index contributed by atoms with van der Waals surface area (Å²) in [6, 6.07) is 10.8. The van der Waals surface area contributed by atoms with Crippen LogP contribution in [0.3, 0.4) is 0 Å². The van der Waals surface area contributed by atoms with Gasteiger partial charge in [-0.15, -0.1) is 0 Å². The van der Waals surface area contributed by atoms with Gasteiger partial charge in [-0.05, 0) is 36.6 Å².